The lowest BCUT2D eigenvalue weighted by Crippen LogP contribution is -2.25. The Morgan fingerprint density at radius 1 is 1.40 bits per heavy atom. The van der Waals surface area contributed by atoms with Crippen molar-refractivity contribution in [3.8, 4) is 0 Å². The van der Waals surface area contributed by atoms with Crippen molar-refractivity contribution in [2.75, 3.05) is 13.1 Å². The summed E-state index contributed by atoms with van der Waals surface area (Å²) < 4.78 is 25.6. The van der Waals surface area contributed by atoms with Crippen LogP contribution in [0.1, 0.15) is 19.8 Å². The molecule has 3 heteroatoms. The van der Waals surface area contributed by atoms with Crippen molar-refractivity contribution in [3.63, 3.8) is 0 Å². The lowest BCUT2D eigenvalue weighted by Gasteiger charge is -2.19. The third kappa shape index (κ3) is 1.66. The van der Waals surface area contributed by atoms with E-state index in [1.54, 1.807) is 6.92 Å². The molecule has 0 bridgehead atoms. The topological polar surface area (TPSA) is 12.0 Å². The van der Waals surface area contributed by atoms with Crippen molar-refractivity contribution >= 4 is 0 Å². The van der Waals surface area contributed by atoms with E-state index >= 15 is 0 Å². The smallest absolute Gasteiger partial charge is 0.251 e. The Labute approximate surface area is 59.8 Å². The lowest BCUT2D eigenvalue weighted by atomic mass is 9.99. The van der Waals surface area contributed by atoms with E-state index in [-0.39, 0.29) is 6.42 Å². The second-order valence-corrected chi connectivity index (χ2v) is 2.95. The van der Waals surface area contributed by atoms with E-state index in [0.717, 1.165) is 6.54 Å². The Morgan fingerprint density at radius 2 is 2.10 bits per heavy atom. The predicted molar refractivity (Wildman–Crippen MR) is 36.2 cm³/mol. The maximum absolute atomic E-state index is 12.8. The van der Waals surface area contributed by atoms with Crippen LogP contribution in [0.2, 0.25) is 0 Å². The largest absolute Gasteiger partial charge is 0.316 e. The van der Waals surface area contributed by atoms with Gasteiger partial charge in [0.05, 0.1) is 0 Å². The van der Waals surface area contributed by atoms with Crippen LogP contribution >= 0.6 is 0 Å². The first-order chi connectivity index (χ1) is 4.63. The molecule has 1 N–H and O–H groups in total. The van der Waals surface area contributed by atoms with Crippen molar-refractivity contribution < 1.29 is 8.78 Å². The molecule has 0 saturated carbocycles. The molecule has 1 unspecified atom stereocenters. The molecule has 1 fully saturated rings. The molecule has 1 saturated heterocycles. The van der Waals surface area contributed by atoms with Crippen molar-refractivity contribution in [2.24, 2.45) is 5.92 Å². The molecule has 60 valence electrons. The molecule has 1 aliphatic rings. The molecule has 0 radical (unpaired) electrons. The number of rotatable bonds is 0. The van der Waals surface area contributed by atoms with Gasteiger partial charge in [-0.05, 0) is 13.0 Å². The minimum absolute atomic E-state index is 0.00579. The Kier molecular flexibility index (Phi) is 2.24. The zero-order valence-electron chi connectivity index (χ0n) is 6.16. The van der Waals surface area contributed by atoms with Crippen molar-refractivity contribution in [3.05, 3.63) is 0 Å². The molecule has 0 amide bonds. The predicted octanol–water partition coefficient (Wildman–Crippen LogP) is 1.64. The molecule has 0 spiro atoms. The lowest BCUT2D eigenvalue weighted by molar-refractivity contribution is -0.0534. The van der Waals surface area contributed by atoms with Crippen LogP contribution in [-0.4, -0.2) is 19.0 Å². The fourth-order valence-electron chi connectivity index (χ4n) is 1.16. The number of halogens is 2. The Balaban J connectivity index is 2.52. The van der Waals surface area contributed by atoms with E-state index in [0.29, 0.717) is 13.0 Å². The summed E-state index contributed by atoms with van der Waals surface area (Å²) in [6, 6.07) is 0. The second-order valence-electron chi connectivity index (χ2n) is 2.95. The van der Waals surface area contributed by atoms with E-state index in [2.05, 4.69) is 5.32 Å². The Morgan fingerprint density at radius 3 is 2.80 bits per heavy atom. The van der Waals surface area contributed by atoms with Crippen molar-refractivity contribution in [1.82, 2.24) is 5.32 Å². The molecule has 0 aromatic rings. The molecule has 0 aliphatic carbocycles. The first-order valence-electron chi connectivity index (χ1n) is 3.71. The fourth-order valence-corrected chi connectivity index (χ4v) is 1.16. The van der Waals surface area contributed by atoms with E-state index in [9.17, 15) is 8.78 Å². The molecule has 1 nitrogen and oxygen atoms in total. The second kappa shape index (κ2) is 2.82. The molecule has 1 rings (SSSR count). The van der Waals surface area contributed by atoms with Gasteiger partial charge in [0.25, 0.3) is 5.92 Å². The number of hydrogen-bond acceptors (Lipinski definition) is 1. The van der Waals surface area contributed by atoms with Crippen LogP contribution in [0.15, 0.2) is 0 Å². The maximum Gasteiger partial charge on any atom is 0.251 e. The molecular weight excluding hydrogens is 136 g/mol. The summed E-state index contributed by atoms with van der Waals surface area (Å²) in [6.45, 7) is 2.81. The van der Waals surface area contributed by atoms with Gasteiger partial charge in [-0.3, -0.25) is 0 Å². The third-order valence-corrected chi connectivity index (χ3v) is 2.11. The van der Waals surface area contributed by atoms with E-state index in [4.69, 9.17) is 0 Å². The van der Waals surface area contributed by atoms with E-state index < -0.39 is 11.8 Å². The fraction of sp³-hybridized carbons (Fsp3) is 1.00. The van der Waals surface area contributed by atoms with Gasteiger partial charge in [-0.15, -0.1) is 0 Å². The van der Waals surface area contributed by atoms with Gasteiger partial charge in [-0.25, -0.2) is 8.78 Å². The molecule has 1 atom stereocenters. The molecule has 0 aromatic heterocycles. The average molecular weight is 149 g/mol. The summed E-state index contributed by atoms with van der Waals surface area (Å²) in [5, 5.41) is 2.95. The van der Waals surface area contributed by atoms with Crippen LogP contribution in [0.3, 0.4) is 0 Å². The van der Waals surface area contributed by atoms with Crippen LogP contribution in [-0.2, 0) is 0 Å². The molecule has 1 heterocycles. The first-order valence-corrected chi connectivity index (χ1v) is 3.71. The molecular formula is C7H13F2N. The molecule has 1 aliphatic heterocycles. The van der Waals surface area contributed by atoms with Gasteiger partial charge in [0, 0.05) is 18.9 Å². The van der Waals surface area contributed by atoms with Gasteiger partial charge in [-0.1, -0.05) is 6.92 Å². The summed E-state index contributed by atoms with van der Waals surface area (Å²) >= 11 is 0. The van der Waals surface area contributed by atoms with Crippen LogP contribution in [0.5, 0.6) is 0 Å². The summed E-state index contributed by atoms with van der Waals surface area (Å²) in [5.41, 5.74) is 0. The molecule has 0 aromatic carbocycles. The normalized spacial score (nSPS) is 33.3. The van der Waals surface area contributed by atoms with Gasteiger partial charge in [0.2, 0.25) is 0 Å². The summed E-state index contributed by atoms with van der Waals surface area (Å²) in [7, 11) is 0. The SMILES string of the molecule is CC1CCNCCC1(F)F. The van der Waals surface area contributed by atoms with E-state index in [1.165, 1.54) is 0 Å². The standard InChI is InChI=1S/C7H13F2N/c1-6-2-4-10-5-3-7(6,8)9/h6,10H,2-5H2,1H3. The highest BCUT2D eigenvalue weighted by Crippen LogP contribution is 2.31. The number of nitrogens with one attached hydrogen (secondary N) is 1. The van der Waals surface area contributed by atoms with Gasteiger partial charge >= 0.3 is 0 Å². The third-order valence-electron chi connectivity index (χ3n) is 2.11. The van der Waals surface area contributed by atoms with Gasteiger partial charge in [-0.2, -0.15) is 0 Å². The van der Waals surface area contributed by atoms with Crippen molar-refractivity contribution in [1.29, 1.82) is 0 Å². The van der Waals surface area contributed by atoms with Crippen molar-refractivity contribution in [2.45, 2.75) is 25.7 Å². The first kappa shape index (κ1) is 7.92. The van der Waals surface area contributed by atoms with Gasteiger partial charge in [0.15, 0.2) is 0 Å². The van der Waals surface area contributed by atoms with Gasteiger partial charge in [0.1, 0.15) is 0 Å². The van der Waals surface area contributed by atoms with E-state index in [1.807, 2.05) is 0 Å². The quantitative estimate of drug-likeness (QED) is 0.552. The Hall–Kier alpha value is -0.180. The summed E-state index contributed by atoms with van der Waals surface area (Å²) in [6.07, 6.45) is 0.584. The van der Waals surface area contributed by atoms with Crippen LogP contribution in [0.25, 0.3) is 0 Å². The van der Waals surface area contributed by atoms with Crippen LogP contribution in [0, 0.1) is 5.92 Å². The zero-order valence-corrected chi connectivity index (χ0v) is 6.16. The van der Waals surface area contributed by atoms with Crippen LogP contribution < -0.4 is 5.32 Å². The molecule has 10 heavy (non-hydrogen) atoms. The summed E-state index contributed by atoms with van der Waals surface area (Å²) in [5.74, 6) is -2.90. The maximum atomic E-state index is 12.8. The van der Waals surface area contributed by atoms with Gasteiger partial charge < -0.3 is 5.32 Å². The minimum Gasteiger partial charge on any atom is -0.316 e. The average Bonchev–Trinajstić information content (AvgIpc) is 1.96. The highest BCUT2D eigenvalue weighted by molar-refractivity contribution is 4.78. The zero-order chi connectivity index (χ0) is 7.61. The number of alkyl halides is 2. The Bertz CT molecular complexity index is 114. The minimum atomic E-state index is -2.44. The monoisotopic (exact) mass is 149 g/mol. The summed E-state index contributed by atoms with van der Waals surface area (Å²) in [4.78, 5) is 0. The highest BCUT2D eigenvalue weighted by Gasteiger charge is 2.36. The van der Waals surface area contributed by atoms with Crippen LogP contribution in [0.4, 0.5) is 8.78 Å². The number of hydrogen-bond donors (Lipinski definition) is 1. The highest BCUT2D eigenvalue weighted by atomic mass is 19.3.